The summed E-state index contributed by atoms with van der Waals surface area (Å²) in [6, 6.07) is 0. The van der Waals surface area contributed by atoms with E-state index in [-0.39, 0.29) is 19.3 Å². The maximum atomic E-state index is 11.0. The normalized spacial score (nSPS) is 11.6. The van der Waals surface area contributed by atoms with Crippen LogP contribution in [0.1, 0.15) is 148 Å². The quantitative estimate of drug-likeness (QED) is 0.0678. The predicted octanol–water partition coefficient (Wildman–Crippen LogP) is 7.66. The minimum atomic E-state index is -0.823. The van der Waals surface area contributed by atoms with Gasteiger partial charge in [0.15, 0.2) is 0 Å². The molecule has 37 heavy (non-hydrogen) atoms. The van der Waals surface area contributed by atoms with Gasteiger partial charge in [-0.15, -0.1) is 0 Å². The molecule has 0 aliphatic carbocycles. The van der Waals surface area contributed by atoms with Crippen molar-refractivity contribution in [3.8, 4) is 0 Å². The third-order valence-corrected chi connectivity index (χ3v) is 7.56. The second-order valence-electron chi connectivity index (χ2n) is 11.0. The molecule has 0 spiro atoms. The largest absolute Gasteiger partial charge is 0.481 e. The van der Waals surface area contributed by atoms with Crippen molar-refractivity contribution in [2.24, 2.45) is 0 Å². The summed E-state index contributed by atoms with van der Waals surface area (Å²) in [5, 5.41) is 27.2. The van der Waals surface area contributed by atoms with Gasteiger partial charge in [-0.25, -0.2) is 0 Å². The molecule has 0 aromatic heterocycles. The van der Waals surface area contributed by atoms with E-state index in [2.05, 4.69) is 6.92 Å². The Morgan fingerprint density at radius 3 is 0.919 bits per heavy atom. The van der Waals surface area contributed by atoms with Crippen molar-refractivity contribution in [1.82, 2.24) is 0 Å². The van der Waals surface area contributed by atoms with Crippen LogP contribution in [-0.2, 0) is 14.4 Å². The maximum absolute atomic E-state index is 11.0. The second kappa shape index (κ2) is 24.7. The van der Waals surface area contributed by atoms with E-state index in [1.165, 1.54) is 89.9 Å². The minimum Gasteiger partial charge on any atom is -0.481 e. The van der Waals surface area contributed by atoms with Gasteiger partial charge in [0, 0.05) is 19.3 Å². The van der Waals surface area contributed by atoms with Crippen LogP contribution >= 0.6 is 0 Å². The fourth-order valence-electron chi connectivity index (χ4n) is 5.36. The van der Waals surface area contributed by atoms with Crippen LogP contribution in [0.5, 0.6) is 0 Å². The highest BCUT2D eigenvalue weighted by Gasteiger charge is 2.27. The summed E-state index contributed by atoms with van der Waals surface area (Å²) in [6.45, 7) is 5.15. The van der Waals surface area contributed by atoms with Crippen LogP contribution in [0.4, 0.5) is 0 Å². The topological polar surface area (TPSA) is 112 Å². The highest BCUT2D eigenvalue weighted by atomic mass is 16.4. The number of quaternary nitrogens is 1. The average molecular weight is 529 g/mol. The molecule has 0 aliphatic rings. The molecule has 218 valence electrons. The summed E-state index contributed by atoms with van der Waals surface area (Å²) in [4.78, 5) is 33.1. The number of hydrogen-bond donors (Lipinski definition) is 3. The lowest BCUT2D eigenvalue weighted by Crippen LogP contribution is -2.51. The molecule has 0 unspecified atom stereocenters. The summed E-state index contributed by atoms with van der Waals surface area (Å²) in [6.07, 6.45) is 22.8. The van der Waals surface area contributed by atoms with Crippen LogP contribution < -0.4 is 0 Å². The van der Waals surface area contributed by atoms with Crippen molar-refractivity contribution in [1.29, 1.82) is 0 Å². The number of aliphatic carboxylic acids is 3. The van der Waals surface area contributed by atoms with Gasteiger partial charge in [0.05, 0.1) is 45.4 Å². The predicted molar refractivity (Wildman–Crippen MR) is 150 cm³/mol. The van der Waals surface area contributed by atoms with E-state index in [1.807, 2.05) is 0 Å². The third-order valence-electron chi connectivity index (χ3n) is 7.56. The van der Waals surface area contributed by atoms with Crippen molar-refractivity contribution in [3.63, 3.8) is 0 Å². The van der Waals surface area contributed by atoms with Crippen LogP contribution in [0.15, 0.2) is 0 Å². The van der Waals surface area contributed by atoms with E-state index in [0.29, 0.717) is 43.4 Å². The van der Waals surface area contributed by atoms with Gasteiger partial charge in [-0.2, -0.15) is 0 Å². The molecule has 7 heteroatoms. The van der Waals surface area contributed by atoms with Crippen LogP contribution in [0.2, 0.25) is 0 Å². The molecule has 0 heterocycles. The Labute approximate surface area is 226 Å². The Balaban J connectivity index is 4.23. The standard InChI is InChI=1S/C30H57NO6/c1-2-3-4-5-6-7-8-9-10-11-12-13-14-15-16-17-24-31(25-18-21-28(32)33,26-19-22-29(34)35)27-20-23-30(36)37/h2-27H2,1H3,(H2-,32,33,34,35,36,37)/p+1. The van der Waals surface area contributed by atoms with Crippen molar-refractivity contribution in [2.75, 3.05) is 26.2 Å². The van der Waals surface area contributed by atoms with Crippen LogP contribution in [0.3, 0.4) is 0 Å². The number of nitrogens with zero attached hydrogens (tertiary/aromatic N) is 1. The zero-order valence-corrected chi connectivity index (χ0v) is 23.9. The first-order valence-electron chi connectivity index (χ1n) is 15.3. The molecule has 0 saturated carbocycles. The molecule has 0 aromatic carbocycles. The first-order valence-corrected chi connectivity index (χ1v) is 15.3. The molecular weight excluding hydrogens is 470 g/mol. The Hall–Kier alpha value is -1.63. The van der Waals surface area contributed by atoms with Gasteiger partial charge in [-0.1, -0.05) is 96.8 Å². The monoisotopic (exact) mass is 528 g/mol. The highest BCUT2D eigenvalue weighted by molar-refractivity contribution is 5.67. The lowest BCUT2D eigenvalue weighted by atomic mass is 10.0. The van der Waals surface area contributed by atoms with Gasteiger partial charge in [-0.3, -0.25) is 14.4 Å². The van der Waals surface area contributed by atoms with E-state index in [4.69, 9.17) is 15.3 Å². The summed E-state index contributed by atoms with van der Waals surface area (Å²) in [5.41, 5.74) is 0. The van der Waals surface area contributed by atoms with E-state index >= 15 is 0 Å². The van der Waals surface area contributed by atoms with E-state index < -0.39 is 17.9 Å². The Bertz CT molecular complexity index is 530. The van der Waals surface area contributed by atoms with Crippen molar-refractivity contribution in [3.05, 3.63) is 0 Å². The van der Waals surface area contributed by atoms with Gasteiger partial charge in [-0.05, 0) is 12.8 Å². The lowest BCUT2D eigenvalue weighted by Gasteiger charge is -2.39. The summed E-state index contributed by atoms with van der Waals surface area (Å²) in [5.74, 6) is -2.47. The first kappa shape index (κ1) is 35.4. The average Bonchev–Trinajstić information content (AvgIpc) is 2.83. The van der Waals surface area contributed by atoms with Gasteiger partial charge in [0.1, 0.15) is 0 Å². The molecule has 0 fully saturated rings. The number of carboxylic acid groups (broad SMARTS) is 3. The van der Waals surface area contributed by atoms with E-state index in [1.54, 1.807) is 0 Å². The molecule has 0 rings (SSSR count). The molecule has 0 bridgehead atoms. The fraction of sp³-hybridized carbons (Fsp3) is 0.900. The zero-order valence-electron chi connectivity index (χ0n) is 23.9. The van der Waals surface area contributed by atoms with Crippen molar-refractivity contribution < 1.29 is 34.2 Å². The van der Waals surface area contributed by atoms with Gasteiger partial charge in [0.25, 0.3) is 0 Å². The molecule has 0 saturated heterocycles. The maximum Gasteiger partial charge on any atom is 0.303 e. The molecule has 0 atom stereocenters. The second-order valence-corrected chi connectivity index (χ2v) is 11.0. The molecular formula is C30H58NO6+. The van der Waals surface area contributed by atoms with Crippen LogP contribution in [0.25, 0.3) is 0 Å². The highest BCUT2D eigenvalue weighted by Crippen LogP contribution is 2.19. The summed E-state index contributed by atoms with van der Waals surface area (Å²) >= 11 is 0. The Kier molecular flexibility index (Phi) is 23.6. The minimum absolute atomic E-state index is 0.0941. The van der Waals surface area contributed by atoms with E-state index in [0.717, 1.165) is 19.4 Å². The molecule has 3 N–H and O–H groups in total. The SMILES string of the molecule is CCCCCCCCCCCCCCCCCC[N+](CCCC(=O)O)(CCCC(=O)O)CCCC(=O)O. The Morgan fingerprint density at radius 1 is 0.405 bits per heavy atom. The number of rotatable bonds is 29. The molecule has 0 radical (unpaired) electrons. The van der Waals surface area contributed by atoms with Crippen LogP contribution in [-0.4, -0.2) is 63.9 Å². The lowest BCUT2D eigenvalue weighted by molar-refractivity contribution is -0.929. The Morgan fingerprint density at radius 2 is 0.649 bits per heavy atom. The van der Waals surface area contributed by atoms with Crippen LogP contribution in [0, 0.1) is 0 Å². The van der Waals surface area contributed by atoms with Gasteiger partial charge < -0.3 is 19.8 Å². The number of hydrogen-bond acceptors (Lipinski definition) is 3. The number of unbranched alkanes of at least 4 members (excludes halogenated alkanes) is 15. The molecule has 0 amide bonds. The first-order chi connectivity index (χ1) is 17.8. The molecule has 0 aliphatic heterocycles. The summed E-state index contributed by atoms with van der Waals surface area (Å²) < 4.78 is 0.645. The van der Waals surface area contributed by atoms with Gasteiger partial charge >= 0.3 is 17.9 Å². The van der Waals surface area contributed by atoms with Crippen molar-refractivity contribution >= 4 is 17.9 Å². The summed E-state index contributed by atoms with van der Waals surface area (Å²) in [7, 11) is 0. The number of carboxylic acids is 3. The number of carbonyl (C=O) groups is 3. The molecule has 7 nitrogen and oxygen atoms in total. The van der Waals surface area contributed by atoms with Gasteiger partial charge in [0.2, 0.25) is 0 Å². The zero-order chi connectivity index (χ0) is 27.6. The molecule has 0 aromatic rings. The van der Waals surface area contributed by atoms with E-state index in [9.17, 15) is 14.4 Å². The fourth-order valence-corrected chi connectivity index (χ4v) is 5.36. The smallest absolute Gasteiger partial charge is 0.303 e. The third kappa shape index (κ3) is 24.5. The van der Waals surface area contributed by atoms with Crippen molar-refractivity contribution in [2.45, 2.75) is 148 Å².